The summed E-state index contributed by atoms with van der Waals surface area (Å²) in [5, 5.41) is 2.50. The van der Waals surface area contributed by atoms with Gasteiger partial charge in [-0.25, -0.2) is 0 Å². The SMILES string of the molecule is CCCc1cc(Oc2ccccc2)ccc1OCCCCOc1ccc(C2(C)NC(=O)SC2=O)cc1Cl. The van der Waals surface area contributed by atoms with E-state index >= 15 is 0 Å². The van der Waals surface area contributed by atoms with Crippen LogP contribution in [0.1, 0.15) is 44.2 Å². The fourth-order valence-corrected chi connectivity index (χ4v) is 5.04. The van der Waals surface area contributed by atoms with Gasteiger partial charge >= 0.3 is 0 Å². The number of carbonyl (C=O) groups is 2. The highest BCUT2D eigenvalue weighted by Gasteiger charge is 2.44. The lowest BCUT2D eigenvalue weighted by Gasteiger charge is -2.22. The molecule has 1 amide bonds. The van der Waals surface area contributed by atoms with Crippen LogP contribution in [0.3, 0.4) is 0 Å². The first-order valence-electron chi connectivity index (χ1n) is 12.3. The third-order valence-electron chi connectivity index (χ3n) is 6.04. The zero-order valence-corrected chi connectivity index (χ0v) is 22.5. The Morgan fingerprint density at radius 1 is 0.892 bits per heavy atom. The Hall–Kier alpha value is -3.16. The van der Waals surface area contributed by atoms with E-state index in [0.717, 1.165) is 48.5 Å². The van der Waals surface area contributed by atoms with E-state index in [1.54, 1.807) is 25.1 Å². The van der Waals surface area contributed by atoms with Gasteiger partial charge in [0.15, 0.2) is 0 Å². The van der Waals surface area contributed by atoms with Crippen molar-refractivity contribution in [3.05, 3.63) is 82.9 Å². The van der Waals surface area contributed by atoms with E-state index in [9.17, 15) is 9.59 Å². The predicted molar refractivity (Wildman–Crippen MR) is 147 cm³/mol. The van der Waals surface area contributed by atoms with Crippen LogP contribution in [0.2, 0.25) is 5.02 Å². The number of amides is 1. The number of rotatable bonds is 12. The molecule has 1 atom stereocenters. The normalized spacial score (nSPS) is 16.9. The number of carbonyl (C=O) groups excluding carboxylic acids is 2. The van der Waals surface area contributed by atoms with Gasteiger partial charge in [0.2, 0.25) is 5.12 Å². The molecule has 0 aromatic heterocycles. The average Bonchev–Trinajstić information content (AvgIpc) is 3.15. The quantitative estimate of drug-likeness (QED) is 0.240. The van der Waals surface area contributed by atoms with Gasteiger partial charge in [-0.15, -0.1) is 0 Å². The lowest BCUT2D eigenvalue weighted by Crippen LogP contribution is -2.39. The van der Waals surface area contributed by atoms with Gasteiger partial charge in [-0.3, -0.25) is 9.59 Å². The molecule has 6 nitrogen and oxygen atoms in total. The molecule has 0 bridgehead atoms. The molecule has 1 unspecified atom stereocenters. The molecular weight excluding hydrogens is 510 g/mol. The summed E-state index contributed by atoms with van der Waals surface area (Å²) in [4.78, 5) is 23.8. The average molecular weight is 540 g/mol. The maximum Gasteiger partial charge on any atom is 0.287 e. The molecule has 1 saturated heterocycles. The van der Waals surface area contributed by atoms with E-state index < -0.39 is 5.54 Å². The molecule has 0 saturated carbocycles. The van der Waals surface area contributed by atoms with Crippen LogP contribution in [0.5, 0.6) is 23.0 Å². The highest BCUT2D eigenvalue weighted by Crippen LogP contribution is 2.37. The molecule has 4 rings (SSSR count). The third-order valence-corrected chi connectivity index (χ3v) is 7.22. The van der Waals surface area contributed by atoms with Gasteiger partial charge in [0.1, 0.15) is 28.5 Å². The van der Waals surface area contributed by atoms with E-state index in [4.69, 9.17) is 25.8 Å². The number of ether oxygens (including phenoxy) is 3. The summed E-state index contributed by atoms with van der Waals surface area (Å²) < 4.78 is 17.9. The van der Waals surface area contributed by atoms with Crippen LogP contribution in [0.4, 0.5) is 4.79 Å². The number of para-hydroxylation sites is 1. The van der Waals surface area contributed by atoms with Crippen LogP contribution < -0.4 is 19.5 Å². The molecule has 8 heteroatoms. The fraction of sp³-hybridized carbons (Fsp3) is 0.310. The number of hydrogen-bond donors (Lipinski definition) is 1. The van der Waals surface area contributed by atoms with E-state index in [1.807, 2.05) is 48.5 Å². The van der Waals surface area contributed by atoms with Crippen molar-refractivity contribution in [3.8, 4) is 23.0 Å². The summed E-state index contributed by atoms with van der Waals surface area (Å²) >= 11 is 7.07. The summed E-state index contributed by atoms with van der Waals surface area (Å²) in [7, 11) is 0. The largest absolute Gasteiger partial charge is 0.493 e. The number of aryl methyl sites for hydroxylation is 1. The van der Waals surface area contributed by atoms with Crippen LogP contribution in [0.25, 0.3) is 0 Å². The van der Waals surface area contributed by atoms with Gasteiger partial charge < -0.3 is 19.5 Å². The highest BCUT2D eigenvalue weighted by molar-refractivity contribution is 8.26. The summed E-state index contributed by atoms with van der Waals surface area (Å²) in [5.74, 6) is 3.02. The van der Waals surface area contributed by atoms with Crippen molar-refractivity contribution < 1.29 is 23.8 Å². The maximum absolute atomic E-state index is 12.2. The van der Waals surface area contributed by atoms with Crippen LogP contribution in [-0.4, -0.2) is 23.6 Å². The van der Waals surface area contributed by atoms with Crippen molar-refractivity contribution in [1.29, 1.82) is 0 Å². The number of thioether (sulfide) groups is 1. The van der Waals surface area contributed by atoms with Crippen LogP contribution in [0, 0.1) is 0 Å². The molecule has 3 aromatic rings. The molecule has 1 fully saturated rings. The number of nitrogens with one attached hydrogen (secondary N) is 1. The zero-order chi connectivity index (χ0) is 26.3. The molecule has 0 spiro atoms. The van der Waals surface area contributed by atoms with E-state index in [-0.39, 0.29) is 10.4 Å². The topological polar surface area (TPSA) is 73.9 Å². The standard InChI is InChI=1S/C29H30ClNO5S/c1-3-9-20-18-23(36-22-10-5-4-6-11-22)13-15-25(20)34-16-7-8-17-35-26-14-12-21(19-24(26)30)29(2)27(32)37-28(33)31-29/h4-6,10-15,18-19H,3,7-9,16-17H2,1-2H3,(H,31,33). The Kier molecular flexibility index (Phi) is 9.00. The first-order valence-corrected chi connectivity index (χ1v) is 13.5. The highest BCUT2D eigenvalue weighted by atomic mass is 35.5. The minimum absolute atomic E-state index is 0.248. The minimum Gasteiger partial charge on any atom is -0.493 e. The summed E-state index contributed by atoms with van der Waals surface area (Å²) in [6, 6.07) is 20.8. The van der Waals surface area contributed by atoms with Crippen LogP contribution >= 0.6 is 23.4 Å². The van der Waals surface area contributed by atoms with E-state index in [1.165, 1.54) is 0 Å². The lowest BCUT2D eigenvalue weighted by molar-refractivity contribution is -0.115. The molecule has 1 N–H and O–H groups in total. The summed E-state index contributed by atoms with van der Waals surface area (Å²) in [6.45, 7) is 4.88. The molecule has 1 aliphatic heterocycles. The number of unbranched alkanes of at least 4 members (excludes halogenated alkanes) is 1. The minimum atomic E-state index is -1.08. The smallest absolute Gasteiger partial charge is 0.287 e. The van der Waals surface area contributed by atoms with Gasteiger partial charge in [0, 0.05) is 11.8 Å². The van der Waals surface area contributed by atoms with Crippen molar-refractivity contribution in [1.82, 2.24) is 5.32 Å². The van der Waals surface area contributed by atoms with Gasteiger partial charge in [-0.05, 0) is 79.8 Å². The van der Waals surface area contributed by atoms with Crippen molar-refractivity contribution in [2.75, 3.05) is 13.2 Å². The van der Waals surface area contributed by atoms with Crippen LogP contribution in [-0.2, 0) is 16.8 Å². The predicted octanol–water partition coefficient (Wildman–Crippen LogP) is 7.52. The summed E-state index contributed by atoms with van der Waals surface area (Å²) in [6.07, 6.45) is 3.53. The Morgan fingerprint density at radius 3 is 2.24 bits per heavy atom. The fourth-order valence-electron chi connectivity index (χ4n) is 4.00. The van der Waals surface area contributed by atoms with Crippen molar-refractivity contribution in [2.45, 2.75) is 45.1 Å². The monoisotopic (exact) mass is 539 g/mol. The Bertz CT molecular complexity index is 1250. The second-order valence-corrected chi connectivity index (χ2v) is 10.3. The first kappa shape index (κ1) is 26.9. The number of benzene rings is 3. The molecule has 1 heterocycles. The van der Waals surface area contributed by atoms with Crippen molar-refractivity contribution in [2.24, 2.45) is 0 Å². The molecule has 37 heavy (non-hydrogen) atoms. The Labute approximate surface area is 226 Å². The Morgan fingerprint density at radius 2 is 1.59 bits per heavy atom. The molecule has 0 aliphatic carbocycles. The molecular formula is C29H30ClNO5S. The van der Waals surface area contributed by atoms with Crippen molar-refractivity contribution >= 4 is 33.7 Å². The molecule has 0 radical (unpaired) electrons. The van der Waals surface area contributed by atoms with Gasteiger partial charge in [0.25, 0.3) is 5.24 Å². The van der Waals surface area contributed by atoms with Crippen LogP contribution in [0.15, 0.2) is 66.7 Å². The maximum atomic E-state index is 12.2. The Balaban J connectivity index is 1.24. The molecule has 3 aromatic carbocycles. The van der Waals surface area contributed by atoms with Gasteiger partial charge in [0.05, 0.1) is 18.2 Å². The molecule has 1 aliphatic rings. The summed E-state index contributed by atoms with van der Waals surface area (Å²) in [5.41, 5.74) is 0.678. The second-order valence-electron chi connectivity index (χ2n) is 8.91. The second kappa shape index (κ2) is 12.4. The lowest BCUT2D eigenvalue weighted by atomic mass is 9.93. The van der Waals surface area contributed by atoms with Crippen molar-refractivity contribution in [3.63, 3.8) is 0 Å². The molecule has 194 valence electrons. The van der Waals surface area contributed by atoms with Gasteiger partial charge in [-0.2, -0.15) is 0 Å². The van der Waals surface area contributed by atoms with Gasteiger partial charge in [-0.1, -0.05) is 49.2 Å². The van der Waals surface area contributed by atoms with E-state index in [2.05, 4.69) is 12.2 Å². The first-order chi connectivity index (χ1) is 17.9. The third kappa shape index (κ3) is 6.79. The number of halogens is 1. The number of hydrogen-bond acceptors (Lipinski definition) is 6. The van der Waals surface area contributed by atoms with E-state index in [0.29, 0.717) is 41.3 Å². The zero-order valence-electron chi connectivity index (χ0n) is 20.9.